The van der Waals surface area contributed by atoms with Crippen molar-refractivity contribution in [1.82, 2.24) is 15.3 Å². The van der Waals surface area contributed by atoms with Gasteiger partial charge in [-0.25, -0.2) is 9.97 Å². The summed E-state index contributed by atoms with van der Waals surface area (Å²) in [4.78, 5) is 31.7. The fraction of sp³-hybridized carbons (Fsp3) is 0.600. The molecule has 0 aromatic carbocycles. The second kappa shape index (κ2) is 8.60. The maximum atomic E-state index is 12.5. The quantitative estimate of drug-likeness (QED) is 0.728. The molecule has 9 heteroatoms. The van der Waals surface area contributed by atoms with Crippen molar-refractivity contribution < 1.29 is 9.59 Å². The van der Waals surface area contributed by atoms with Crippen molar-refractivity contribution in [3.63, 3.8) is 0 Å². The minimum Gasteiger partial charge on any atom is -0.364 e. The Bertz CT molecular complexity index is 587. The van der Waals surface area contributed by atoms with Crippen molar-refractivity contribution in [3.05, 3.63) is 23.8 Å². The molecule has 2 amide bonds. The molecular weight excluding hydrogens is 353 g/mol. The highest BCUT2D eigenvalue weighted by molar-refractivity contribution is 6.04. The number of fused-ring (bicyclic) bond motifs is 2. The summed E-state index contributed by atoms with van der Waals surface area (Å²) in [5.74, 6) is -0.316. The largest absolute Gasteiger partial charge is 0.364 e. The summed E-state index contributed by atoms with van der Waals surface area (Å²) in [6.07, 6.45) is 7.96. The van der Waals surface area contributed by atoms with E-state index in [0.717, 1.165) is 25.7 Å². The summed E-state index contributed by atoms with van der Waals surface area (Å²) >= 11 is 0. The van der Waals surface area contributed by atoms with Crippen LogP contribution in [0.2, 0.25) is 0 Å². The summed E-state index contributed by atoms with van der Waals surface area (Å²) in [6.45, 7) is 0. The lowest BCUT2D eigenvalue weighted by Crippen LogP contribution is -2.54. The average molecular weight is 376 g/mol. The van der Waals surface area contributed by atoms with Crippen molar-refractivity contribution in [2.75, 3.05) is 0 Å². The number of aromatic nitrogens is 2. The SMILES string of the molecule is Cl.Cl.NC(=O)c1nccnc1C(=O)NC1C2CCCC1CC(N)C2. The third-order valence-electron chi connectivity index (χ3n) is 4.82. The first kappa shape index (κ1) is 20.6. The Kier molecular flexibility index (Phi) is 7.38. The van der Waals surface area contributed by atoms with Gasteiger partial charge in [0.15, 0.2) is 11.4 Å². The lowest BCUT2D eigenvalue weighted by molar-refractivity contribution is 0.0747. The van der Waals surface area contributed by atoms with Crippen molar-refractivity contribution in [3.8, 4) is 0 Å². The van der Waals surface area contributed by atoms with Gasteiger partial charge in [0.05, 0.1) is 0 Å². The Morgan fingerprint density at radius 1 is 1.04 bits per heavy atom. The summed E-state index contributed by atoms with van der Waals surface area (Å²) in [5.41, 5.74) is 11.3. The minimum absolute atomic E-state index is 0. The molecule has 1 aromatic rings. The van der Waals surface area contributed by atoms with E-state index < -0.39 is 5.91 Å². The van der Waals surface area contributed by atoms with E-state index in [2.05, 4.69) is 15.3 Å². The number of nitrogens with one attached hydrogen (secondary N) is 1. The molecule has 2 aliphatic rings. The van der Waals surface area contributed by atoms with E-state index in [1.165, 1.54) is 18.8 Å². The van der Waals surface area contributed by atoms with Gasteiger partial charge in [0.1, 0.15) is 0 Å². The zero-order valence-electron chi connectivity index (χ0n) is 13.2. The van der Waals surface area contributed by atoms with Crippen LogP contribution >= 0.6 is 24.8 Å². The van der Waals surface area contributed by atoms with Crippen LogP contribution in [0.5, 0.6) is 0 Å². The van der Waals surface area contributed by atoms with Crippen molar-refractivity contribution >= 4 is 36.6 Å². The minimum atomic E-state index is -0.746. The van der Waals surface area contributed by atoms with Crippen molar-refractivity contribution in [2.45, 2.75) is 44.2 Å². The first-order chi connectivity index (χ1) is 10.6. The summed E-state index contributed by atoms with van der Waals surface area (Å²) in [6, 6.07) is 0.324. The van der Waals surface area contributed by atoms with Crippen LogP contribution in [0.15, 0.2) is 12.4 Å². The number of hydrogen-bond acceptors (Lipinski definition) is 5. The second-order valence-corrected chi connectivity index (χ2v) is 6.30. The van der Waals surface area contributed by atoms with Crippen molar-refractivity contribution in [1.29, 1.82) is 0 Å². The van der Waals surface area contributed by atoms with Gasteiger partial charge in [-0.05, 0) is 37.5 Å². The topological polar surface area (TPSA) is 124 Å². The Morgan fingerprint density at radius 2 is 1.58 bits per heavy atom. The molecule has 134 valence electrons. The molecule has 0 radical (unpaired) electrons. The number of primary amides is 1. The van der Waals surface area contributed by atoms with Gasteiger partial charge in [0.2, 0.25) is 0 Å². The van der Waals surface area contributed by atoms with Gasteiger partial charge in [-0.15, -0.1) is 24.8 Å². The van der Waals surface area contributed by atoms with Crippen LogP contribution in [-0.4, -0.2) is 33.9 Å². The fourth-order valence-corrected chi connectivity index (χ4v) is 3.93. The van der Waals surface area contributed by atoms with E-state index in [1.54, 1.807) is 0 Å². The molecule has 2 unspecified atom stereocenters. The van der Waals surface area contributed by atoms with E-state index in [-0.39, 0.29) is 54.2 Å². The van der Waals surface area contributed by atoms with Crippen LogP contribution in [0.1, 0.15) is 53.1 Å². The third-order valence-corrected chi connectivity index (χ3v) is 4.82. The molecule has 7 nitrogen and oxygen atoms in total. The Balaban J connectivity index is 0.00000144. The van der Waals surface area contributed by atoms with Crippen LogP contribution in [0.25, 0.3) is 0 Å². The molecule has 5 N–H and O–H groups in total. The molecule has 2 atom stereocenters. The smallest absolute Gasteiger partial charge is 0.272 e. The molecule has 1 aromatic heterocycles. The van der Waals surface area contributed by atoms with E-state index in [4.69, 9.17) is 11.5 Å². The molecule has 2 aliphatic carbocycles. The maximum absolute atomic E-state index is 12.5. The summed E-state index contributed by atoms with van der Waals surface area (Å²) < 4.78 is 0. The molecule has 2 fully saturated rings. The van der Waals surface area contributed by atoms with E-state index in [0.29, 0.717) is 11.8 Å². The maximum Gasteiger partial charge on any atom is 0.272 e. The first-order valence-electron chi connectivity index (χ1n) is 7.73. The summed E-state index contributed by atoms with van der Waals surface area (Å²) in [5, 5.41) is 3.05. The van der Waals surface area contributed by atoms with Crippen molar-refractivity contribution in [2.24, 2.45) is 23.3 Å². The molecule has 3 rings (SSSR count). The highest BCUT2D eigenvalue weighted by atomic mass is 35.5. The normalized spacial score (nSPS) is 28.0. The van der Waals surface area contributed by atoms with Gasteiger partial charge < -0.3 is 16.8 Å². The number of carbonyl (C=O) groups is 2. The number of carbonyl (C=O) groups excluding carboxylic acids is 2. The monoisotopic (exact) mass is 375 g/mol. The average Bonchev–Trinajstić information content (AvgIpc) is 2.48. The molecule has 2 saturated carbocycles. The fourth-order valence-electron chi connectivity index (χ4n) is 3.93. The van der Waals surface area contributed by atoms with Crippen LogP contribution in [0.4, 0.5) is 0 Å². The Hall–Kier alpha value is -1.44. The van der Waals surface area contributed by atoms with Gasteiger partial charge in [-0.2, -0.15) is 0 Å². The Morgan fingerprint density at radius 3 is 2.12 bits per heavy atom. The molecular formula is C15H23Cl2N5O2. The number of amides is 2. The van der Waals surface area contributed by atoms with Gasteiger partial charge in [-0.1, -0.05) is 6.42 Å². The second-order valence-electron chi connectivity index (χ2n) is 6.30. The standard InChI is InChI=1S/C15H21N5O2.2ClH/c16-10-6-8-2-1-3-9(7-10)11(8)20-15(22)13-12(14(17)21)18-4-5-19-13;;/h4-5,8-11H,1-3,6-7,16H2,(H2,17,21)(H,20,22);2*1H. The Labute approximate surface area is 153 Å². The van der Waals surface area contributed by atoms with Crippen LogP contribution in [0, 0.1) is 11.8 Å². The highest BCUT2D eigenvalue weighted by Crippen LogP contribution is 2.39. The van der Waals surface area contributed by atoms with Gasteiger partial charge >= 0.3 is 0 Å². The first-order valence-corrected chi connectivity index (χ1v) is 7.73. The van der Waals surface area contributed by atoms with Gasteiger partial charge in [0.25, 0.3) is 11.8 Å². The number of halogens is 2. The lowest BCUT2D eigenvalue weighted by atomic mass is 9.67. The van der Waals surface area contributed by atoms with E-state index >= 15 is 0 Å². The number of hydrogen-bond donors (Lipinski definition) is 3. The zero-order chi connectivity index (χ0) is 15.7. The molecule has 0 spiro atoms. The zero-order valence-corrected chi connectivity index (χ0v) is 14.8. The predicted molar refractivity (Wildman–Crippen MR) is 94.3 cm³/mol. The van der Waals surface area contributed by atoms with Crippen LogP contribution < -0.4 is 16.8 Å². The van der Waals surface area contributed by atoms with Gasteiger partial charge in [0, 0.05) is 24.5 Å². The number of nitrogens with two attached hydrogens (primary N) is 2. The lowest BCUT2D eigenvalue weighted by Gasteiger charge is -2.45. The van der Waals surface area contributed by atoms with E-state index in [9.17, 15) is 9.59 Å². The molecule has 2 bridgehead atoms. The molecule has 0 saturated heterocycles. The predicted octanol–water partition coefficient (Wildman–Crippen LogP) is 1.05. The van der Waals surface area contributed by atoms with Gasteiger partial charge in [-0.3, -0.25) is 9.59 Å². The third kappa shape index (κ3) is 4.15. The van der Waals surface area contributed by atoms with E-state index in [1.807, 2.05) is 0 Å². The number of nitrogens with zero attached hydrogens (tertiary/aromatic N) is 2. The molecule has 0 aliphatic heterocycles. The molecule has 24 heavy (non-hydrogen) atoms. The van der Waals surface area contributed by atoms with Crippen LogP contribution in [0.3, 0.4) is 0 Å². The highest BCUT2D eigenvalue weighted by Gasteiger charge is 2.40. The van der Waals surface area contributed by atoms with Crippen LogP contribution in [-0.2, 0) is 0 Å². The number of rotatable bonds is 3. The molecule has 1 heterocycles. The summed E-state index contributed by atoms with van der Waals surface area (Å²) in [7, 11) is 0.